The van der Waals surface area contributed by atoms with Crippen molar-refractivity contribution in [3.8, 4) is 0 Å². The molecule has 0 saturated heterocycles. The van der Waals surface area contributed by atoms with Crippen LogP contribution in [0.15, 0.2) is 18.3 Å². The molecule has 1 aliphatic rings. The molecule has 1 amide bonds. The van der Waals surface area contributed by atoms with Gasteiger partial charge < -0.3 is 10.7 Å². The van der Waals surface area contributed by atoms with Crippen LogP contribution in [0.1, 0.15) is 50.0 Å². The minimum atomic E-state index is -0.105. The molecule has 104 valence electrons. The zero-order valence-electron chi connectivity index (χ0n) is 11.6. The summed E-state index contributed by atoms with van der Waals surface area (Å²) in [6, 6.07) is 3.68. The van der Waals surface area contributed by atoms with Gasteiger partial charge in [-0.1, -0.05) is 20.3 Å². The van der Waals surface area contributed by atoms with Crippen molar-refractivity contribution in [1.82, 2.24) is 10.3 Å². The second kappa shape index (κ2) is 5.57. The van der Waals surface area contributed by atoms with E-state index >= 15 is 0 Å². The Kier molecular flexibility index (Phi) is 4.04. The maximum Gasteiger partial charge on any atom is 0.270 e. The number of hydrogen-bond acceptors (Lipinski definition) is 4. The summed E-state index contributed by atoms with van der Waals surface area (Å²) in [6.45, 7) is 4.51. The summed E-state index contributed by atoms with van der Waals surface area (Å²) in [7, 11) is 0. The number of nitrogens with one attached hydrogen (secondary N) is 2. The van der Waals surface area contributed by atoms with E-state index in [1.54, 1.807) is 18.3 Å². The standard InChI is InChI=1S/C14H22N4O/c1-14(2)7-3-4-10(8-14)17-13(19)12-6-5-11(18-15)9-16-12/h5-6,9-10,18H,3-4,7-8,15H2,1-2H3,(H,17,19). The number of carbonyl (C=O) groups is 1. The van der Waals surface area contributed by atoms with E-state index in [9.17, 15) is 4.79 Å². The number of amides is 1. The lowest BCUT2D eigenvalue weighted by atomic mass is 9.75. The Labute approximate surface area is 114 Å². The lowest BCUT2D eigenvalue weighted by molar-refractivity contribution is 0.0897. The number of nitrogens with two attached hydrogens (primary N) is 1. The molecule has 1 fully saturated rings. The number of anilines is 1. The van der Waals surface area contributed by atoms with Crippen molar-refractivity contribution in [2.45, 2.75) is 45.6 Å². The Balaban J connectivity index is 1.96. The number of hydrogen-bond donors (Lipinski definition) is 3. The van der Waals surface area contributed by atoms with E-state index in [1.807, 2.05) is 0 Å². The summed E-state index contributed by atoms with van der Waals surface area (Å²) in [5, 5.41) is 3.08. The number of hydrazine groups is 1. The van der Waals surface area contributed by atoms with Crippen molar-refractivity contribution in [3.63, 3.8) is 0 Å². The number of nitrogens with zero attached hydrogens (tertiary/aromatic N) is 1. The largest absolute Gasteiger partial charge is 0.348 e. The van der Waals surface area contributed by atoms with E-state index in [2.05, 4.69) is 29.6 Å². The van der Waals surface area contributed by atoms with Gasteiger partial charge in [0.2, 0.25) is 0 Å². The molecule has 1 aliphatic carbocycles. The van der Waals surface area contributed by atoms with E-state index in [0.29, 0.717) is 16.8 Å². The molecule has 0 spiro atoms. The molecule has 5 nitrogen and oxygen atoms in total. The maximum absolute atomic E-state index is 12.1. The van der Waals surface area contributed by atoms with E-state index in [0.717, 1.165) is 12.8 Å². The second-order valence-corrected chi connectivity index (χ2v) is 6.01. The number of rotatable bonds is 3. The predicted octanol–water partition coefficient (Wildman–Crippen LogP) is 2.07. The van der Waals surface area contributed by atoms with Crippen LogP contribution in [0.2, 0.25) is 0 Å². The summed E-state index contributed by atoms with van der Waals surface area (Å²) in [6.07, 6.45) is 6.04. The van der Waals surface area contributed by atoms with Crippen molar-refractivity contribution < 1.29 is 4.79 Å². The minimum Gasteiger partial charge on any atom is -0.348 e. The van der Waals surface area contributed by atoms with Crippen molar-refractivity contribution in [1.29, 1.82) is 0 Å². The fraction of sp³-hybridized carbons (Fsp3) is 0.571. The molecule has 5 heteroatoms. The molecule has 0 radical (unpaired) electrons. The molecule has 1 saturated carbocycles. The van der Waals surface area contributed by atoms with Gasteiger partial charge in [0.25, 0.3) is 5.91 Å². The summed E-state index contributed by atoms with van der Waals surface area (Å²) < 4.78 is 0. The van der Waals surface area contributed by atoms with Crippen LogP contribution in [0.3, 0.4) is 0 Å². The van der Waals surface area contributed by atoms with Gasteiger partial charge in [-0.25, -0.2) is 4.98 Å². The molecule has 2 rings (SSSR count). The smallest absolute Gasteiger partial charge is 0.270 e. The molecule has 4 N–H and O–H groups in total. The molecule has 1 aromatic rings. The van der Waals surface area contributed by atoms with Gasteiger partial charge in [-0.2, -0.15) is 0 Å². The van der Waals surface area contributed by atoms with Gasteiger partial charge in [0.15, 0.2) is 0 Å². The third-order valence-corrected chi connectivity index (χ3v) is 3.70. The fourth-order valence-electron chi connectivity index (χ4n) is 2.69. The van der Waals surface area contributed by atoms with Crippen LogP contribution in [-0.2, 0) is 0 Å². The molecule has 0 aliphatic heterocycles. The zero-order valence-corrected chi connectivity index (χ0v) is 11.6. The van der Waals surface area contributed by atoms with Crippen molar-refractivity contribution in [3.05, 3.63) is 24.0 Å². The van der Waals surface area contributed by atoms with Crippen LogP contribution in [0.4, 0.5) is 5.69 Å². The number of carbonyl (C=O) groups excluding carboxylic acids is 1. The van der Waals surface area contributed by atoms with E-state index in [1.165, 1.54) is 12.8 Å². The van der Waals surface area contributed by atoms with Gasteiger partial charge in [0.1, 0.15) is 5.69 Å². The quantitative estimate of drug-likeness (QED) is 0.575. The Morgan fingerprint density at radius 2 is 2.26 bits per heavy atom. The van der Waals surface area contributed by atoms with Crippen LogP contribution in [0.25, 0.3) is 0 Å². The van der Waals surface area contributed by atoms with Crippen LogP contribution in [0.5, 0.6) is 0 Å². The highest BCUT2D eigenvalue weighted by Gasteiger charge is 2.29. The predicted molar refractivity (Wildman–Crippen MR) is 75.6 cm³/mol. The third-order valence-electron chi connectivity index (χ3n) is 3.70. The zero-order chi connectivity index (χ0) is 13.9. The highest BCUT2D eigenvalue weighted by Crippen LogP contribution is 2.35. The molecule has 1 atom stereocenters. The number of pyridine rings is 1. The SMILES string of the molecule is CC1(C)CCCC(NC(=O)c2ccc(NN)cn2)C1. The molecule has 1 unspecified atom stereocenters. The summed E-state index contributed by atoms with van der Waals surface area (Å²) in [4.78, 5) is 16.2. The van der Waals surface area contributed by atoms with E-state index < -0.39 is 0 Å². The molecule has 1 aromatic heterocycles. The van der Waals surface area contributed by atoms with Crippen molar-refractivity contribution >= 4 is 11.6 Å². The lowest BCUT2D eigenvalue weighted by Gasteiger charge is -2.35. The van der Waals surface area contributed by atoms with Gasteiger partial charge in [-0.3, -0.25) is 10.6 Å². The van der Waals surface area contributed by atoms with Crippen molar-refractivity contribution in [2.24, 2.45) is 11.3 Å². The van der Waals surface area contributed by atoms with Crippen LogP contribution in [-0.4, -0.2) is 16.9 Å². The molecular formula is C14H22N4O. The maximum atomic E-state index is 12.1. The second-order valence-electron chi connectivity index (χ2n) is 6.01. The Morgan fingerprint density at radius 3 is 2.84 bits per heavy atom. The normalized spacial score (nSPS) is 21.7. The van der Waals surface area contributed by atoms with Gasteiger partial charge in [-0.15, -0.1) is 0 Å². The first-order chi connectivity index (χ1) is 9.00. The van der Waals surface area contributed by atoms with Gasteiger partial charge >= 0.3 is 0 Å². The molecule has 0 bridgehead atoms. The molecule has 1 heterocycles. The fourth-order valence-corrected chi connectivity index (χ4v) is 2.69. The van der Waals surface area contributed by atoms with Crippen LogP contribution < -0.4 is 16.6 Å². The number of aromatic nitrogens is 1. The highest BCUT2D eigenvalue weighted by atomic mass is 16.1. The van der Waals surface area contributed by atoms with Gasteiger partial charge in [0, 0.05) is 6.04 Å². The highest BCUT2D eigenvalue weighted by molar-refractivity contribution is 5.92. The first-order valence-electron chi connectivity index (χ1n) is 6.74. The average molecular weight is 262 g/mol. The average Bonchev–Trinajstić information content (AvgIpc) is 2.37. The minimum absolute atomic E-state index is 0.105. The Hall–Kier alpha value is -1.62. The van der Waals surface area contributed by atoms with Crippen LogP contribution >= 0.6 is 0 Å². The van der Waals surface area contributed by atoms with E-state index in [-0.39, 0.29) is 11.9 Å². The monoisotopic (exact) mass is 262 g/mol. The van der Waals surface area contributed by atoms with Crippen LogP contribution in [0, 0.1) is 5.41 Å². The first kappa shape index (κ1) is 13.8. The van der Waals surface area contributed by atoms with Gasteiger partial charge in [0.05, 0.1) is 11.9 Å². The van der Waals surface area contributed by atoms with E-state index in [4.69, 9.17) is 5.84 Å². The topological polar surface area (TPSA) is 80.0 Å². The first-order valence-corrected chi connectivity index (χ1v) is 6.74. The Bertz CT molecular complexity index is 441. The summed E-state index contributed by atoms with van der Waals surface area (Å²) in [5.74, 6) is 5.16. The molecule has 0 aromatic carbocycles. The molecular weight excluding hydrogens is 240 g/mol. The summed E-state index contributed by atoms with van der Waals surface area (Å²) in [5.41, 5.74) is 3.93. The third kappa shape index (κ3) is 3.67. The Morgan fingerprint density at radius 1 is 1.47 bits per heavy atom. The lowest BCUT2D eigenvalue weighted by Crippen LogP contribution is -2.40. The van der Waals surface area contributed by atoms with Gasteiger partial charge in [-0.05, 0) is 36.8 Å². The summed E-state index contributed by atoms with van der Waals surface area (Å²) >= 11 is 0. The van der Waals surface area contributed by atoms with Crippen molar-refractivity contribution in [2.75, 3.05) is 5.43 Å². The number of nitrogen functional groups attached to an aromatic ring is 1. The molecule has 19 heavy (non-hydrogen) atoms.